The molecule has 0 saturated carbocycles. The van der Waals surface area contributed by atoms with E-state index in [2.05, 4.69) is 11.3 Å². The zero-order chi connectivity index (χ0) is 11.5. The van der Waals surface area contributed by atoms with Crippen LogP contribution in [0.2, 0.25) is 0 Å². The van der Waals surface area contributed by atoms with E-state index in [9.17, 15) is 9.59 Å². The van der Waals surface area contributed by atoms with Gasteiger partial charge in [0.15, 0.2) is 0 Å². The molecule has 0 radical (unpaired) electrons. The van der Waals surface area contributed by atoms with Gasteiger partial charge in [-0.15, -0.1) is 0 Å². The van der Waals surface area contributed by atoms with Crippen molar-refractivity contribution in [3.05, 3.63) is 12.2 Å². The Labute approximate surface area is 93.2 Å². The summed E-state index contributed by atoms with van der Waals surface area (Å²) in [6.07, 6.45) is 6.43. The van der Waals surface area contributed by atoms with Crippen LogP contribution in [-0.2, 0) is 18.8 Å². The van der Waals surface area contributed by atoms with Crippen LogP contribution in [0.5, 0.6) is 0 Å². The van der Waals surface area contributed by atoms with Crippen molar-refractivity contribution in [3.63, 3.8) is 0 Å². The third-order valence-corrected chi connectivity index (χ3v) is 2.20. The third-order valence-electron chi connectivity index (χ3n) is 1.80. The van der Waals surface area contributed by atoms with Crippen LogP contribution in [0.4, 0.5) is 0 Å². The first kappa shape index (κ1) is 13.9. The second-order valence-electron chi connectivity index (χ2n) is 3.08. The van der Waals surface area contributed by atoms with E-state index in [4.69, 9.17) is 4.74 Å². The molecule has 0 fully saturated rings. The highest BCUT2D eigenvalue weighted by Gasteiger charge is 1.98. The predicted octanol–water partition coefficient (Wildman–Crippen LogP) is 0.490. The van der Waals surface area contributed by atoms with Crippen molar-refractivity contribution >= 4 is 22.4 Å². The Balaban J connectivity index is 3.49. The molecule has 4 nitrogen and oxygen atoms in total. The van der Waals surface area contributed by atoms with Crippen molar-refractivity contribution in [1.29, 1.82) is 0 Å². The Hall–Kier alpha value is -1.10. The van der Waals surface area contributed by atoms with Crippen molar-refractivity contribution in [2.75, 3.05) is 6.61 Å². The van der Waals surface area contributed by atoms with Gasteiger partial charge in [-0.2, -0.15) is 0 Å². The Bertz CT molecular complexity index is 225. The van der Waals surface area contributed by atoms with Crippen molar-refractivity contribution in [3.8, 4) is 0 Å². The molecule has 15 heavy (non-hydrogen) atoms. The topological polar surface area (TPSA) is 52.6 Å². The van der Waals surface area contributed by atoms with E-state index >= 15 is 0 Å². The van der Waals surface area contributed by atoms with E-state index in [1.807, 2.05) is 0 Å². The summed E-state index contributed by atoms with van der Waals surface area (Å²) in [5, 5.41) is 0. The maximum Gasteiger partial charge on any atom is 0.331 e. The molecule has 0 atom stereocenters. The molecule has 0 unspecified atom stereocenters. The lowest BCUT2D eigenvalue weighted by Crippen LogP contribution is -2.04. The smallest absolute Gasteiger partial charge is 0.331 e. The summed E-state index contributed by atoms with van der Waals surface area (Å²) in [6, 6.07) is 0. The number of ether oxygens (including phenoxy) is 1. The lowest BCUT2D eigenvalue weighted by molar-refractivity contribution is -0.138. The van der Waals surface area contributed by atoms with E-state index in [0.29, 0.717) is 17.1 Å². The highest BCUT2D eigenvalue weighted by Crippen LogP contribution is 1.99. The van der Waals surface area contributed by atoms with Gasteiger partial charge in [0.2, 0.25) is 10.5 Å². The van der Waals surface area contributed by atoms with Gasteiger partial charge in [-0.3, -0.25) is 0 Å². The third kappa shape index (κ3) is 9.21. The zero-order valence-electron chi connectivity index (χ0n) is 9.32. The number of carbonyl (C=O) groups excluding carboxylic acids is 2. The molecule has 0 aromatic heterocycles. The molecule has 0 amide bonds. The molecule has 86 valence electrons. The minimum atomic E-state index is -0.496. The second kappa shape index (κ2) is 9.45. The number of rotatable bonds is 7. The van der Waals surface area contributed by atoms with E-state index < -0.39 is 11.9 Å². The van der Waals surface area contributed by atoms with Crippen LogP contribution in [0.1, 0.15) is 32.6 Å². The number of esters is 1. The van der Waals surface area contributed by atoms with Gasteiger partial charge < -0.3 is 9.16 Å². The fourth-order valence-corrected chi connectivity index (χ4v) is 1.09. The van der Waals surface area contributed by atoms with Gasteiger partial charge in [0, 0.05) is 12.2 Å². The summed E-state index contributed by atoms with van der Waals surface area (Å²) in [5.41, 5.74) is 0. The molecular formula is C10H18O4Si. The normalized spacial score (nSPS) is 10.5. The molecule has 0 aromatic carbocycles. The summed E-state index contributed by atoms with van der Waals surface area (Å²) in [7, 11) is 0.334. The first-order valence-electron chi connectivity index (χ1n) is 5.13. The average molecular weight is 230 g/mol. The largest absolute Gasteiger partial charge is 0.526 e. The van der Waals surface area contributed by atoms with Gasteiger partial charge in [-0.1, -0.05) is 26.2 Å². The van der Waals surface area contributed by atoms with Crippen molar-refractivity contribution < 1.29 is 18.8 Å². The van der Waals surface area contributed by atoms with Crippen LogP contribution in [0.15, 0.2) is 12.2 Å². The van der Waals surface area contributed by atoms with Crippen molar-refractivity contribution in [2.24, 2.45) is 0 Å². The molecule has 0 spiro atoms. The Kier molecular flexibility index (Phi) is 8.76. The summed E-state index contributed by atoms with van der Waals surface area (Å²) < 4.78 is 9.32. The molecule has 5 heteroatoms. The van der Waals surface area contributed by atoms with Crippen LogP contribution >= 0.6 is 0 Å². The Morgan fingerprint density at radius 3 is 2.40 bits per heavy atom. The van der Waals surface area contributed by atoms with Gasteiger partial charge in [0.05, 0.1) is 6.61 Å². The summed E-state index contributed by atoms with van der Waals surface area (Å²) in [5.74, 6) is -0.983. The highest BCUT2D eigenvalue weighted by molar-refractivity contribution is 6.08. The Morgan fingerprint density at radius 1 is 1.13 bits per heavy atom. The molecule has 0 rings (SSSR count). The maximum absolute atomic E-state index is 11.0. The van der Waals surface area contributed by atoms with E-state index in [-0.39, 0.29) is 0 Å². The molecule has 0 aliphatic rings. The number of hydrogen-bond acceptors (Lipinski definition) is 4. The Morgan fingerprint density at radius 2 is 1.80 bits per heavy atom. The zero-order valence-corrected chi connectivity index (χ0v) is 11.3. The number of hydrogen-bond donors (Lipinski definition) is 0. The van der Waals surface area contributed by atoms with Gasteiger partial charge in [-0.05, 0) is 6.42 Å². The fraction of sp³-hybridized carbons (Fsp3) is 0.600. The lowest BCUT2D eigenvalue weighted by atomic mass is 10.2. The first-order chi connectivity index (χ1) is 7.20. The second-order valence-corrected chi connectivity index (χ2v) is 3.49. The molecule has 0 aromatic rings. The van der Waals surface area contributed by atoms with Crippen LogP contribution in [-0.4, -0.2) is 29.0 Å². The van der Waals surface area contributed by atoms with Crippen LogP contribution in [0.3, 0.4) is 0 Å². The van der Waals surface area contributed by atoms with E-state index in [1.54, 1.807) is 0 Å². The molecule has 0 bridgehead atoms. The van der Waals surface area contributed by atoms with E-state index in [1.165, 1.54) is 0 Å². The number of carbonyl (C=O) groups is 2. The average Bonchev–Trinajstić information content (AvgIpc) is 2.25. The standard InChI is InChI=1S/C10H18O4Si/c1-2-3-4-5-8-13-9(11)6-7-10(12)14-15/h6-7H,2-5,8H2,1,15H3/b7-6-. The lowest BCUT2D eigenvalue weighted by Gasteiger charge is -2.00. The first-order valence-corrected chi connectivity index (χ1v) is 5.95. The number of unbranched alkanes of at least 4 members (excludes halogenated alkanes) is 3. The maximum atomic E-state index is 11.0. The quantitative estimate of drug-likeness (QED) is 0.276. The van der Waals surface area contributed by atoms with Gasteiger partial charge in [0.25, 0.3) is 0 Å². The van der Waals surface area contributed by atoms with E-state index in [0.717, 1.165) is 37.8 Å². The summed E-state index contributed by atoms with van der Waals surface area (Å²) in [4.78, 5) is 21.6. The van der Waals surface area contributed by atoms with Gasteiger partial charge in [-0.25, -0.2) is 9.59 Å². The predicted molar refractivity (Wildman–Crippen MR) is 60.3 cm³/mol. The molecule has 0 heterocycles. The highest BCUT2D eigenvalue weighted by atomic mass is 28.2. The molecular weight excluding hydrogens is 212 g/mol. The monoisotopic (exact) mass is 230 g/mol. The molecule has 0 N–H and O–H groups in total. The SMILES string of the molecule is CCCCCCOC(=O)/C=C\C(=O)O[SiH3]. The van der Waals surface area contributed by atoms with Crippen LogP contribution in [0, 0.1) is 0 Å². The fourth-order valence-electron chi connectivity index (χ4n) is 0.954. The molecule has 0 aliphatic carbocycles. The summed E-state index contributed by atoms with van der Waals surface area (Å²) in [6.45, 7) is 2.54. The van der Waals surface area contributed by atoms with Gasteiger partial charge >= 0.3 is 11.9 Å². The minimum absolute atomic E-state index is 0.334. The minimum Gasteiger partial charge on any atom is -0.526 e. The van der Waals surface area contributed by atoms with Crippen LogP contribution < -0.4 is 0 Å². The summed E-state index contributed by atoms with van der Waals surface area (Å²) >= 11 is 0. The molecule has 0 aliphatic heterocycles. The van der Waals surface area contributed by atoms with Gasteiger partial charge in [0.1, 0.15) is 0 Å². The van der Waals surface area contributed by atoms with Crippen molar-refractivity contribution in [1.82, 2.24) is 0 Å². The van der Waals surface area contributed by atoms with Crippen LogP contribution in [0.25, 0.3) is 0 Å². The van der Waals surface area contributed by atoms with Crippen molar-refractivity contribution in [2.45, 2.75) is 32.6 Å². The molecule has 0 saturated heterocycles.